The monoisotopic (exact) mass is 501 g/mol. The number of hydrogen-bond acceptors (Lipinski definition) is 5. The molecule has 35 heavy (non-hydrogen) atoms. The van der Waals surface area contributed by atoms with Crippen molar-refractivity contribution in [2.24, 2.45) is 0 Å². The fourth-order valence-electron chi connectivity index (χ4n) is 3.70. The molecular weight excluding hydrogens is 486 g/mol. The third-order valence-electron chi connectivity index (χ3n) is 5.34. The van der Waals surface area contributed by atoms with Crippen LogP contribution in [0.25, 0.3) is 11.3 Å². The number of nitrogens with zero attached hydrogens (tertiary/aromatic N) is 1. The zero-order valence-corrected chi connectivity index (χ0v) is 19.5. The van der Waals surface area contributed by atoms with Crippen LogP contribution in [0.2, 0.25) is 5.02 Å². The molecule has 0 radical (unpaired) electrons. The van der Waals surface area contributed by atoms with Crippen LogP contribution in [0.3, 0.4) is 0 Å². The Kier molecular flexibility index (Phi) is 5.90. The van der Waals surface area contributed by atoms with Crippen LogP contribution in [0, 0.1) is 0 Å². The Balaban J connectivity index is 1.26. The summed E-state index contributed by atoms with van der Waals surface area (Å²) in [6, 6.07) is 23.6. The van der Waals surface area contributed by atoms with Crippen LogP contribution in [0.4, 0.5) is 11.4 Å². The molecule has 0 unspecified atom stereocenters. The zero-order chi connectivity index (χ0) is 24.5. The normalized spacial score (nSPS) is 12.4. The molecule has 0 spiro atoms. The van der Waals surface area contributed by atoms with Crippen molar-refractivity contribution in [3.8, 4) is 11.3 Å². The van der Waals surface area contributed by atoms with E-state index in [1.807, 2.05) is 0 Å². The molecule has 1 aromatic heterocycles. The number of amides is 3. The van der Waals surface area contributed by atoms with Crippen LogP contribution >= 0.6 is 23.8 Å². The van der Waals surface area contributed by atoms with E-state index in [0.717, 1.165) is 10.5 Å². The Labute approximate surface area is 210 Å². The van der Waals surface area contributed by atoms with Crippen LogP contribution in [0.5, 0.6) is 0 Å². The molecular formula is C26H16ClN3O4S. The number of imide groups is 1. The van der Waals surface area contributed by atoms with Crippen molar-refractivity contribution >= 4 is 58.0 Å². The largest absolute Gasteiger partial charge is 0.451 e. The van der Waals surface area contributed by atoms with Gasteiger partial charge in [-0.15, -0.1) is 0 Å². The van der Waals surface area contributed by atoms with Crippen molar-refractivity contribution in [3.63, 3.8) is 0 Å². The Morgan fingerprint density at radius 2 is 1.54 bits per heavy atom. The first-order chi connectivity index (χ1) is 16.9. The fraction of sp³-hybridized carbons (Fsp3) is 0. The molecule has 0 saturated heterocycles. The molecule has 3 aromatic carbocycles. The number of thiocarbonyl (C=S) groups is 1. The van der Waals surface area contributed by atoms with E-state index in [0.29, 0.717) is 33.3 Å². The second kappa shape index (κ2) is 9.17. The number of fused-ring (bicyclic) bond motifs is 1. The van der Waals surface area contributed by atoms with E-state index in [1.165, 1.54) is 0 Å². The lowest BCUT2D eigenvalue weighted by molar-refractivity contribution is 0.0922. The highest BCUT2D eigenvalue weighted by Crippen LogP contribution is 2.30. The van der Waals surface area contributed by atoms with E-state index in [1.54, 1.807) is 84.9 Å². The van der Waals surface area contributed by atoms with Crippen LogP contribution in [-0.4, -0.2) is 22.8 Å². The van der Waals surface area contributed by atoms with Crippen molar-refractivity contribution in [1.82, 2.24) is 5.32 Å². The van der Waals surface area contributed by atoms with Crippen molar-refractivity contribution in [2.45, 2.75) is 0 Å². The van der Waals surface area contributed by atoms with E-state index >= 15 is 0 Å². The summed E-state index contributed by atoms with van der Waals surface area (Å²) in [6.07, 6.45) is 0. The highest BCUT2D eigenvalue weighted by Gasteiger charge is 2.36. The topological polar surface area (TPSA) is 91.7 Å². The van der Waals surface area contributed by atoms with Gasteiger partial charge in [0.05, 0.1) is 16.8 Å². The highest BCUT2D eigenvalue weighted by atomic mass is 35.5. The van der Waals surface area contributed by atoms with Gasteiger partial charge in [-0.1, -0.05) is 29.8 Å². The number of rotatable bonds is 4. The van der Waals surface area contributed by atoms with Gasteiger partial charge in [0.25, 0.3) is 17.7 Å². The predicted octanol–water partition coefficient (Wildman–Crippen LogP) is 5.53. The number of halogens is 1. The molecule has 2 heterocycles. The SMILES string of the molecule is O=C(NC(=S)Nc1cccc(N2C(=O)c3ccccc3C2=O)c1)c1ccc(-c2ccc(Cl)cc2)o1. The molecule has 4 aromatic rings. The number of furan rings is 1. The quantitative estimate of drug-likeness (QED) is 0.282. The lowest BCUT2D eigenvalue weighted by Crippen LogP contribution is -2.34. The summed E-state index contributed by atoms with van der Waals surface area (Å²) in [5.74, 6) is -0.724. The number of carbonyl (C=O) groups is 3. The molecule has 0 fully saturated rings. The van der Waals surface area contributed by atoms with Gasteiger partial charge < -0.3 is 9.73 Å². The van der Waals surface area contributed by atoms with Gasteiger partial charge in [-0.2, -0.15) is 0 Å². The van der Waals surface area contributed by atoms with Gasteiger partial charge in [-0.3, -0.25) is 19.7 Å². The number of anilines is 2. The maximum Gasteiger partial charge on any atom is 0.293 e. The number of nitrogens with one attached hydrogen (secondary N) is 2. The fourth-order valence-corrected chi connectivity index (χ4v) is 4.04. The molecule has 0 saturated carbocycles. The Morgan fingerprint density at radius 3 is 2.23 bits per heavy atom. The summed E-state index contributed by atoms with van der Waals surface area (Å²) >= 11 is 11.2. The second-order valence-electron chi connectivity index (χ2n) is 7.62. The Morgan fingerprint density at radius 1 is 0.857 bits per heavy atom. The highest BCUT2D eigenvalue weighted by molar-refractivity contribution is 7.80. The van der Waals surface area contributed by atoms with E-state index in [-0.39, 0.29) is 10.9 Å². The first-order valence-corrected chi connectivity index (χ1v) is 11.3. The summed E-state index contributed by atoms with van der Waals surface area (Å²) < 4.78 is 5.64. The van der Waals surface area contributed by atoms with Crippen LogP contribution in [0.15, 0.2) is 89.3 Å². The minimum absolute atomic E-state index is 0.0268. The smallest absolute Gasteiger partial charge is 0.293 e. The average Bonchev–Trinajstić information content (AvgIpc) is 3.44. The molecule has 9 heteroatoms. The first-order valence-electron chi connectivity index (χ1n) is 10.5. The molecule has 3 amide bonds. The number of hydrogen-bond donors (Lipinski definition) is 2. The van der Waals surface area contributed by atoms with Gasteiger partial charge in [-0.25, -0.2) is 4.90 Å². The van der Waals surface area contributed by atoms with Crippen molar-refractivity contribution in [2.75, 3.05) is 10.2 Å². The predicted molar refractivity (Wildman–Crippen MR) is 137 cm³/mol. The van der Waals surface area contributed by atoms with Crippen LogP contribution in [0.1, 0.15) is 31.3 Å². The molecule has 2 N–H and O–H groups in total. The standard InChI is InChI=1S/C26H16ClN3O4S/c27-16-10-8-15(9-11-16)21-12-13-22(34-21)23(31)29-26(35)28-17-4-3-5-18(14-17)30-24(32)19-6-1-2-7-20(19)25(30)33/h1-14H,(H2,28,29,31,35). The van der Waals surface area contributed by atoms with Gasteiger partial charge in [-0.05, 0) is 78.9 Å². The zero-order valence-electron chi connectivity index (χ0n) is 17.9. The molecule has 0 aliphatic carbocycles. The first kappa shape index (κ1) is 22.5. The van der Waals surface area contributed by atoms with Gasteiger partial charge in [0, 0.05) is 16.3 Å². The third-order valence-corrected chi connectivity index (χ3v) is 5.80. The van der Waals surface area contributed by atoms with Crippen molar-refractivity contribution in [1.29, 1.82) is 0 Å². The Bertz CT molecular complexity index is 1460. The maximum atomic E-state index is 12.7. The summed E-state index contributed by atoms with van der Waals surface area (Å²) in [5, 5.41) is 6.08. The molecule has 7 nitrogen and oxygen atoms in total. The summed E-state index contributed by atoms with van der Waals surface area (Å²) in [4.78, 5) is 39.2. The van der Waals surface area contributed by atoms with Gasteiger partial charge in [0.1, 0.15) is 5.76 Å². The third kappa shape index (κ3) is 4.44. The maximum absolute atomic E-state index is 12.7. The van der Waals surface area contributed by atoms with Crippen LogP contribution in [-0.2, 0) is 0 Å². The van der Waals surface area contributed by atoms with Crippen LogP contribution < -0.4 is 15.5 Å². The molecule has 1 aliphatic rings. The van der Waals surface area contributed by atoms with Crippen molar-refractivity contribution < 1.29 is 18.8 Å². The summed E-state index contributed by atoms with van der Waals surface area (Å²) in [6.45, 7) is 0. The molecule has 1 aliphatic heterocycles. The minimum Gasteiger partial charge on any atom is -0.451 e. The minimum atomic E-state index is -0.529. The Hall–Kier alpha value is -4.27. The number of carbonyl (C=O) groups excluding carboxylic acids is 3. The lowest BCUT2D eigenvalue weighted by Gasteiger charge is -2.16. The molecule has 5 rings (SSSR count). The second-order valence-corrected chi connectivity index (χ2v) is 8.47. The van der Waals surface area contributed by atoms with E-state index in [4.69, 9.17) is 28.2 Å². The van der Waals surface area contributed by atoms with Crippen molar-refractivity contribution in [3.05, 3.63) is 107 Å². The summed E-state index contributed by atoms with van der Waals surface area (Å²) in [5.41, 5.74) is 2.36. The molecule has 0 bridgehead atoms. The average molecular weight is 502 g/mol. The molecule has 0 atom stereocenters. The van der Waals surface area contributed by atoms with Gasteiger partial charge in [0.2, 0.25) is 0 Å². The van der Waals surface area contributed by atoms with E-state index in [2.05, 4.69) is 10.6 Å². The van der Waals surface area contributed by atoms with Gasteiger partial charge in [0.15, 0.2) is 10.9 Å². The summed E-state index contributed by atoms with van der Waals surface area (Å²) in [7, 11) is 0. The molecule has 172 valence electrons. The van der Waals surface area contributed by atoms with E-state index < -0.39 is 17.7 Å². The number of benzene rings is 3. The lowest BCUT2D eigenvalue weighted by atomic mass is 10.1. The van der Waals surface area contributed by atoms with Gasteiger partial charge >= 0.3 is 0 Å². The van der Waals surface area contributed by atoms with E-state index in [9.17, 15) is 14.4 Å².